The molecule has 7 heteroatoms. The molecule has 0 aromatic rings. The average Bonchev–Trinajstić information content (AvgIpc) is 2.66. The minimum atomic E-state index is -4.40. The van der Waals surface area contributed by atoms with Crippen LogP contribution in [0, 0.1) is 0 Å². The number of amides is 1. The summed E-state index contributed by atoms with van der Waals surface area (Å²) in [5.74, 6) is -0.635. The molecule has 1 aliphatic heterocycles. The molecule has 1 unspecified atom stereocenters. The summed E-state index contributed by atoms with van der Waals surface area (Å²) in [4.78, 5) is 12.4. The summed E-state index contributed by atoms with van der Waals surface area (Å²) in [5.41, 5.74) is 0. The maximum absolute atomic E-state index is 12.2. The fraction of sp³-hybridized carbons (Fsp3) is 0.889. The van der Waals surface area contributed by atoms with Crippen LogP contribution in [0.3, 0.4) is 0 Å². The molecule has 1 atom stereocenters. The van der Waals surface area contributed by atoms with Gasteiger partial charge in [-0.25, -0.2) is 0 Å². The van der Waals surface area contributed by atoms with Gasteiger partial charge in [0.15, 0.2) is 0 Å². The smallest absolute Gasteiger partial charge is 0.368 e. The SMILES string of the molecule is O=C(C1CCCO1)N(CCCl)CC(F)(F)F. The van der Waals surface area contributed by atoms with Crippen molar-refractivity contribution in [2.75, 3.05) is 25.6 Å². The third-order valence-electron chi connectivity index (χ3n) is 2.24. The Bertz CT molecular complexity index is 241. The maximum atomic E-state index is 12.2. The van der Waals surface area contributed by atoms with Gasteiger partial charge >= 0.3 is 6.18 Å². The highest BCUT2D eigenvalue weighted by molar-refractivity contribution is 6.18. The summed E-state index contributed by atoms with van der Waals surface area (Å²) in [6.45, 7) is -0.949. The number of ether oxygens (including phenoxy) is 1. The van der Waals surface area contributed by atoms with Crippen molar-refractivity contribution in [3.63, 3.8) is 0 Å². The topological polar surface area (TPSA) is 29.5 Å². The molecule has 1 saturated heterocycles. The first-order valence-corrected chi connectivity index (χ1v) is 5.50. The third kappa shape index (κ3) is 4.17. The second-order valence-electron chi connectivity index (χ2n) is 3.57. The maximum Gasteiger partial charge on any atom is 0.406 e. The first-order valence-electron chi connectivity index (χ1n) is 4.97. The summed E-state index contributed by atoms with van der Waals surface area (Å²) >= 11 is 5.37. The molecule has 0 aromatic carbocycles. The predicted octanol–water partition coefficient (Wildman–Crippen LogP) is 1.80. The lowest BCUT2D eigenvalue weighted by Gasteiger charge is -2.25. The second-order valence-corrected chi connectivity index (χ2v) is 3.94. The van der Waals surface area contributed by atoms with Gasteiger partial charge in [0.05, 0.1) is 0 Å². The van der Waals surface area contributed by atoms with E-state index >= 15 is 0 Å². The zero-order chi connectivity index (χ0) is 12.2. The van der Waals surface area contributed by atoms with E-state index in [9.17, 15) is 18.0 Å². The van der Waals surface area contributed by atoms with E-state index in [2.05, 4.69) is 0 Å². The Balaban J connectivity index is 2.57. The molecule has 1 heterocycles. The summed E-state index contributed by atoms with van der Waals surface area (Å²) in [6.07, 6.45) is -3.95. The molecular weight excluding hydrogens is 247 g/mol. The van der Waals surface area contributed by atoms with Gasteiger partial charge in [0.2, 0.25) is 0 Å². The Morgan fingerprint density at radius 1 is 1.50 bits per heavy atom. The number of carbonyl (C=O) groups excluding carboxylic acids is 1. The van der Waals surface area contributed by atoms with Gasteiger partial charge in [0, 0.05) is 19.0 Å². The number of halogens is 4. The van der Waals surface area contributed by atoms with Crippen molar-refractivity contribution >= 4 is 17.5 Å². The van der Waals surface area contributed by atoms with Crippen LogP contribution in [0.2, 0.25) is 0 Å². The fourth-order valence-electron chi connectivity index (χ4n) is 1.56. The number of hydrogen-bond donors (Lipinski definition) is 0. The van der Waals surface area contributed by atoms with Gasteiger partial charge < -0.3 is 9.64 Å². The molecule has 16 heavy (non-hydrogen) atoms. The first-order chi connectivity index (χ1) is 7.44. The quantitative estimate of drug-likeness (QED) is 0.721. The highest BCUT2D eigenvalue weighted by Crippen LogP contribution is 2.20. The number of rotatable bonds is 4. The van der Waals surface area contributed by atoms with E-state index in [1.165, 1.54) is 0 Å². The van der Waals surface area contributed by atoms with E-state index in [1.54, 1.807) is 0 Å². The van der Waals surface area contributed by atoms with E-state index in [0.717, 1.165) is 0 Å². The Labute approximate surface area is 96.5 Å². The van der Waals surface area contributed by atoms with E-state index in [0.29, 0.717) is 24.3 Å². The van der Waals surface area contributed by atoms with E-state index in [-0.39, 0.29) is 12.4 Å². The van der Waals surface area contributed by atoms with Crippen molar-refractivity contribution in [3.8, 4) is 0 Å². The second kappa shape index (κ2) is 5.72. The van der Waals surface area contributed by atoms with E-state index in [4.69, 9.17) is 16.3 Å². The van der Waals surface area contributed by atoms with Crippen LogP contribution >= 0.6 is 11.6 Å². The molecule has 0 saturated carbocycles. The van der Waals surface area contributed by atoms with Gasteiger partial charge in [-0.05, 0) is 12.8 Å². The largest absolute Gasteiger partial charge is 0.406 e. The lowest BCUT2D eigenvalue weighted by molar-refractivity contribution is -0.166. The standard InChI is InChI=1S/C9H13ClF3NO2/c10-3-4-14(6-9(11,12)13)8(15)7-2-1-5-16-7/h7H,1-6H2. The normalized spacial score (nSPS) is 21.1. The van der Waals surface area contributed by atoms with Crippen molar-refractivity contribution in [1.29, 1.82) is 0 Å². The minimum absolute atomic E-state index is 0.0193. The number of nitrogens with zero attached hydrogens (tertiary/aromatic N) is 1. The zero-order valence-corrected chi connectivity index (χ0v) is 9.35. The zero-order valence-electron chi connectivity index (χ0n) is 8.60. The molecule has 1 amide bonds. The molecule has 0 radical (unpaired) electrons. The molecule has 0 N–H and O–H groups in total. The highest BCUT2D eigenvalue weighted by atomic mass is 35.5. The van der Waals surface area contributed by atoms with Gasteiger partial charge in [0.1, 0.15) is 12.6 Å². The molecule has 1 aliphatic rings. The van der Waals surface area contributed by atoms with E-state index in [1.807, 2.05) is 0 Å². The fourth-order valence-corrected chi connectivity index (χ4v) is 1.77. The van der Waals surface area contributed by atoms with Crippen LogP contribution in [-0.2, 0) is 9.53 Å². The van der Waals surface area contributed by atoms with Gasteiger partial charge in [0.25, 0.3) is 5.91 Å². The summed E-state index contributed by atoms with van der Waals surface area (Å²) in [7, 11) is 0. The number of alkyl halides is 4. The molecule has 1 fully saturated rings. The highest BCUT2D eigenvalue weighted by Gasteiger charge is 2.36. The molecule has 1 rings (SSSR count). The average molecular weight is 260 g/mol. The van der Waals surface area contributed by atoms with Crippen LogP contribution in [0.15, 0.2) is 0 Å². The van der Waals surface area contributed by atoms with Crippen LogP contribution in [0.1, 0.15) is 12.8 Å². The first kappa shape index (κ1) is 13.6. The number of hydrogen-bond acceptors (Lipinski definition) is 2. The van der Waals surface area contributed by atoms with Crippen LogP contribution in [0.4, 0.5) is 13.2 Å². The van der Waals surface area contributed by atoms with Crippen molar-refractivity contribution < 1.29 is 22.7 Å². The lowest BCUT2D eigenvalue weighted by atomic mass is 10.2. The molecule has 0 aromatic heterocycles. The predicted molar refractivity (Wildman–Crippen MR) is 52.3 cm³/mol. The van der Waals surface area contributed by atoms with Crippen LogP contribution < -0.4 is 0 Å². The summed E-state index contributed by atoms with van der Waals surface area (Å²) < 4.78 is 41.7. The molecule has 3 nitrogen and oxygen atoms in total. The lowest BCUT2D eigenvalue weighted by Crippen LogP contribution is -2.45. The van der Waals surface area contributed by atoms with Gasteiger partial charge in [-0.2, -0.15) is 13.2 Å². The number of carbonyl (C=O) groups is 1. The van der Waals surface area contributed by atoms with Crippen LogP contribution in [-0.4, -0.2) is 48.7 Å². The van der Waals surface area contributed by atoms with Crippen molar-refractivity contribution in [2.45, 2.75) is 25.1 Å². The van der Waals surface area contributed by atoms with Gasteiger partial charge in [-0.3, -0.25) is 4.79 Å². The summed E-state index contributed by atoms with van der Waals surface area (Å²) in [5, 5.41) is 0. The monoisotopic (exact) mass is 259 g/mol. The molecule has 0 bridgehead atoms. The van der Waals surface area contributed by atoms with Crippen LogP contribution in [0.5, 0.6) is 0 Å². The van der Waals surface area contributed by atoms with Gasteiger partial charge in [-0.15, -0.1) is 11.6 Å². The minimum Gasteiger partial charge on any atom is -0.368 e. The third-order valence-corrected chi connectivity index (χ3v) is 2.41. The molecule has 94 valence electrons. The Kier molecular flexibility index (Phi) is 4.86. The Morgan fingerprint density at radius 3 is 2.62 bits per heavy atom. The van der Waals surface area contributed by atoms with Crippen LogP contribution in [0.25, 0.3) is 0 Å². The van der Waals surface area contributed by atoms with E-state index < -0.39 is 24.7 Å². The van der Waals surface area contributed by atoms with Crippen molar-refractivity contribution in [2.24, 2.45) is 0 Å². The Morgan fingerprint density at radius 2 is 2.19 bits per heavy atom. The molecule has 0 spiro atoms. The molecule has 0 aliphatic carbocycles. The van der Waals surface area contributed by atoms with Crippen molar-refractivity contribution in [1.82, 2.24) is 4.90 Å². The Hall–Kier alpha value is -0.490. The van der Waals surface area contributed by atoms with Crippen molar-refractivity contribution in [3.05, 3.63) is 0 Å². The molecular formula is C9H13ClF3NO2. The van der Waals surface area contributed by atoms with Gasteiger partial charge in [-0.1, -0.05) is 0 Å². The summed E-state index contributed by atoms with van der Waals surface area (Å²) in [6, 6.07) is 0.